The third-order valence-corrected chi connectivity index (χ3v) is 5.85. The summed E-state index contributed by atoms with van der Waals surface area (Å²) in [6.07, 6.45) is 3.35. The molecule has 1 heterocycles. The number of hydrogen-bond donors (Lipinski definition) is 2. The summed E-state index contributed by atoms with van der Waals surface area (Å²) in [6, 6.07) is 5.25. The molecule has 1 aliphatic heterocycles. The molecule has 1 aromatic rings. The van der Waals surface area contributed by atoms with Crippen molar-refractivity contribution in [3.05, 3.63) is 29.3 Å². The van der Waals surface area contributed by atoms with E-state index < -0.39 is 10.0 Å². The van der Waals surface area contributed by atoms with Crippen molar-refractivity contribution in [1.82, 2.24) is 9.62 Å². The lowest BCUT2D eigenvalue weighted by Gasteiger charge is -2.32. The highest BCUT2D eigenvalue weighted by atomic mass is 32.2. The Morgan fingerprint density at radius 2 is 2.14 bits per heavy atom. The second kappa shape index (κ2) is 6.87. The van der Waals surface area contributed by atoms with Crippen molar-refractivity contribution in [2.75, 3.05) is 20.1 Å². The van der Waals surface area contributed by atoms with Crippen LogP contribution in [0.2, 0.25) is 0 Å². The highest BCUT2D eigenvalue weighted by Crippen LogP contribution is 2.20. The number of nitrogens with one attached hydrogen (secondary N) is 1. The van der Waals surface area contributed by atoms with Gasteiger partial charge < -0.3 is 10.0 Å². The monoisotopic (exact) mass is 312 g/mol. The Morgan fingerprint density at radius 1 is 1.38 bits per heavy atom. The maximum Gasteiger partial charge on any atom is 0.240 e. The summed E-state index contributed by atoms with van der Waals surface area (Å²) in [5.41, 5.74) is 1.26. The molecule has 0 saturated carbocycles. The van der Waals surface area contributed by atoms with E-state index in [9.17, 15) is 13.5 Å². The number of nitrogens with zero attached hydrogens (tertiary/aromatic N) is 1. The number of rotatable bonds is 5. The average Bonchev–Trinajstić information content (AvgIpc) is 2.46. The lowest BCUT2D eigenvalue weighted by molar-refractivity contribution is 0.187. The Kier molecular flexibility index (Phi) is 5.37. The largest absolute Gasteiger partial charge is 0.392 e. The Labute approximate surface area is 127 Å². The fraction of sp³-hybridized carbons (Fsp3) is 0.600. The number of hydrogen-bond acceptors (Lipinski definition) is 4. The van der Waals surface area contributed by atoms with E-state index in [4.69, 9.17) is 0 Å². The molecule has 0 spiro atoms. The van der Waals surface area contributed by atoms with Crippen molar-refractivity contribution in [3.63, 3.8) is 0 Å². The van der Waals surface area contributed by atoms with Crippen LogP contribution in [0.15, 0.2) is 23.1 Å². The average molecular weight is 312 g/mol. The molecule has 1 atom stereocenters. The minimum absolute atomic E-state index is 0.152. The molecule has 0 radical (unpaired) electrons. The summed E-state index contributed by atoms with van der Waals surface area (Å²) >= 11 is 0. The van der Waals surface area contributed by atoms with Gasteiger partial charge in [-0.3, -0.25) is 0 Å². The molecule has 1 saturated heterocycles. The molecule has 0 aromatic heterocycles. The lowest BCUT2D eigenvalue weighted by Crippen LogP contribution is -2.44. The van der Waals surface area contributed by atoms with Gasteiger partial charge in [0.05, 0.1) is 11.5 Å². The molecule has 1 fully saturated rings. The van der Waals surface area contributed by atoms with Crippen LogP contribution in [0.25, 0.3) is 0 Å². The topological polar surface area (TPSA) is 69.6 Å². The number of likely N-dealkylation sites (tertiary alicyclic amines) is 1. The first-order chi connectivity index (χ1) is 9.95. The maximum absolute atomic E-state index is 12.5. The summed E-state index contributed by atoms with van der Waals surface area (Å²) in [5, 5.41) is 9.26. The quantitative estimate of drug-likeness (QED) is 0.858. The summed E-state index contributed by atoms with van der Waals surface area (Å²) < 4.78 is 27.6. The fourth-order valence-electron chi connectivity index (χ4n) is 2.81. The van der Waals surface area contributed by atoms with Crippen molar-refractivity contribution in [2.45, 2.75) is 43.7 Å². The SMILES string of the molecule is Cc1c(CO)cccc1S(=O)(=O)NCC1CCCCN1C. The van der Waals surface area contributed by atoms with Gasteiger partial charge in [-0.15, -0.1) is 0 Å². The first-order valence-corrected chi connectivity index (χ1v) is 8.83. The second-order valence-corrected chi connectivity index (χ2v) is 7.42. The van der Waals surface area contributed by atoms with E-state index in [0.29, 0.717) is 17.7 Å². The van der Waals surface area contributed by atoms with Crippen LogP contribution in [0.5, 0.6) is 0 Å². The third kappa shape index (κ3) is 3.83. The van der Waals surface area contributed by atoms with E-state index in [-0.39, 0.29) is 17.5 Å². The van der Waals surface area contributed by atoms with Gasteiger partial charge in [0.25, 0.3) is 0 Å². The first-order valence-electron chi connectivity index (χ1n) is 7.35. The standard InChI is InChI=1S/C15H24N2O3S/c1-12-13(11-18)6-5-8-15(12)21(19,20)16-10-14-7-3-4-9-17(14)2/h5-6,8,14,16,18H,3-4,7,9-11H2,1-2H3. The number of aliphatic hydroxyl groups is 1. The Bertz CT molecular complexity index is 587. The smallest absolute Gasteiger partial charge is 0.240 e. The van der Waals surface area contributed by atoms with Crippen LogP contribution in [-0.4, -0.2) is 44.6 Å². The number of benzene rings is 1. The van der Waals surface area contributed by atoms with Gasteiger partial charge in [-0.2, -0.15) is 0 Å². The highest BCUT2D eigenvalue weighted by Gasteiger charge is 2.23. The number of aliphatic hydroxyl groups excluding tert-OH is 1. The molecule has 5 nitrogen and oxygen atoms in total. The molecule has 0 bridgehead atoms. The van der Waals surface area contributed by atoms with Crippen molar-refractivity contribution < 1.29 is 13.5 Å². The van der Waals surface area contributed by atoms with Gasteiger partial charge in [0.1, 0.15) is 0 Å². The van der Waals surface area contributed by atoms with Crippen LogP contribution in [0.3, 0.4) is 0 Å². The molecule has 1 aromatic carbocycles. The van der Waals surface area contributed by atoms with E-state index in [1.54, 1.807) is 25.1 Å². The van der Waals surface area contributed by atoms with Crippen LogP contribution in [0.1, 0.15) is 30.4 Å². The normalized spacial score (nSPS) is 20.6. The van der Waals surface area contributed by atoms with E-state index in [2.05, 4.69) is 9.62 Å². The van der Waals surface area contributed by atoms with Crippen molar-refractivity contribution in [1.29, 1.82) is 0 Å². The van der Waals surface area contributed by atoms with Gasteiger partial charge >= 0.3 is 0 Å². The summed E-state index contributed by atoms with van der Waals surface area (Å²) in [5.74, 6) is 0. The van der Waals surface area contributed by atoms with E-state index >= 15 is 0 Å². The van der Waals surface area contributed by atoms with Gasteiger partial charge in [-0.1, -0.05) is 18.6 Å². The Hall–Kier alpha value is -0.950. The number of likely N-dealkylation sites (N-methyl/N-ethyl adjacent to an activating group) is 1. The zero-order valence-electron chi connectivity index (χ0n) is 12.7. The van der Waals surface area contributed by atoms with Crippen molar-refractivity contribution >= 4 is 10.0 Å². The van der Waals surface area contributed by atoms with E-state index in [1.165, 1.54) is 6.42 Å². The zero-order valence-corrected chi connectivity index (χ0v) is 13.5. The van der Waals surface area contributed by atoms with Crippen LogP contribution in [0, 0.1) is 6.92 Å². The molecule has 1 aliphatic rings. The van der Waals surface area contributed by atoms with E-state index in [1.807, 2.05) is 7.05 Å². The van der Waals surface area contributed by atoms with E-state index in [0.717, 1.165) is 19.4 Å². The molecule has 0 aliphatic carbocycles. The molecular weight excluding hydrogens is 288 g/mol. The van der Waals surface area contributed by atoms with Crippen LogP contribution >= 0.6 is 0 Å². The maximum atomic E-state index is 12.5. The van der Waals surface area contributed by atoms with Gasteiger partial charge in [0, 0.05) is 12.6 Å². The fourth-order valence-corrected chi connectivity index (χ4v) is 4.17. The Morgan fingerprint density at radius 3 is 2.81 bits per heavy atom. The minimum atomic E-state index is -3.53. The van der Waals surface area contributed by atoms with Crippen LogP contribution < -0.4 is 4.72 Å². The molecule has 2 N–H and O–H groups in total. The van der Waals surface area contributed by atoms with Gasteiger partial charge in [-0.05, 0) is 50.6 Å². The molecule has 2 rings (SSSR count). The molecule has 118 valence electrons. The summed E-state index contributed by atoms with van der Waals surface area (Å²) in [6.45, 7) is 3.03. The molecule has 0 amide bonds. The highest BCUT2D eigenvalue weighted by molar-refractivity contribution is 7.89. The molecule has 21 heavy (non-hydrogen) atoms. The zero-order chi connectivity index (χ0) is 15.5. The summed E-state index contributed by atoms with van der Waals surface area (Å²) in [7, 11) is -1.50. The Balaban J connectivity index is 2.11. The summed E-state index contributed by atoms with van der Waals surface area (Å²) in [4.78, 5) is 2.47. The van der Waals surface area contributed by atoms with Crippen LogP contribution in [0.4, 0.5) is 0 Å². The van der Waals surface area contributed by atoms with Gasteiger partial charge in [-0.25, -0.2) is 13.1 Å². The molecular formula is C15H24N2O3S. The van der Waals surface area contributed by atoms with Gasteiger partial charge in [0.2, 0.25) is 10.0 Å². The minimum Gasteiger partial charge on any atom is -0.392 e. The van der Waals surface area contributed by atoms with Crippen LogP contribution in [-0.2, 0) is 16.6 Å². The molecule has 6 heteroatoms. The van der Waals surface area contributed by atoms with Crippen molar-refractivity contribution in [3.8, 4) is 0 Å². The first kappa shape index (κ1) is 16.4. The third-order valence-electron chi connectivity index (χ3n) is 4.29. The van der Waals surface area contributed by atoms with Crippen molar-refractivity contribution in [2.24, 2.45) is 0 Å². The van der Waals surface area contributed by atoms with Gasteiger partial charge in [0.15, 0.2) is 0 Å². The molecule has 1 unspecified atom stereocenters. The lowest BCUT2D eigenvalue weighted by atomic mass is 10.0. The predicted molar refractivity (Wildman–Crippen MR) is 82.6 cm³/mol. The number of sulfonamides is 1. The second-order valence-electron chi connectivity index (χ2n) is 5.68. The number of piperidine rings is 1. The predicted octanol–water partition coefficient (Wildman–Crippen LogP) is 1.25.